The smallest absolute Gasteiger partial charge is 0.123 e. The van der Waals surface area contributed by atoms with E-state index in [-0.39, 0.29) is 0 Å². The van der Waals surface area contributed by atoms with E-state index >= 15 is 0 Å². The van der Waals surface area contributed by atoms with Gasteiger partial charge in [0, 0.05) is 16.6 Å². The summed E-state index contributed by atoms with van der Waals surface area (Å²) in [6, 6.07) is 6.17. The Morgan fingerprint density at radius 3 is 2.94 bits per heavy atom. The summed E-state index contributed by atoms with van der Waals surface area (Å²) in [5.74, 6) is 4.05. The fourth-order valence-electron chi connectivity index (χ4n) is 2.41. The topological polar surface area (TPSA) is 21.3 Å². The van der Waals surface area contributed by atoms with Gasteiger partial charge in [0.15, 0.2) is 0 Å². The third-order valence-corrected chi connectivity index (χ3v) is 4.70. The van der Waals surface area contributed by atoms with Crippen LogP contribution >= 0.6 is 23.4 Å². The molecule has 0 spiro atoms. The van der Waals surface area contributed by atoms with Crippen LogP contribution in [0.15, 0.2) is 18.2 Å². The van der Waals surface area contributed by atoms with E-state index in [0.29, 0.717) is 12.0 Å². The fourth-order valence-corrected chi connectivity index (χ4v) is 3.89. The molecule has 17 heavy (non-hydrogen) atoms. The van der Waals surface area contributed by atoms with Crippen LogP contribution in [-0.4, -0.2) is 25.7 Å². The second-order valence-corrected chi connectivity index (χ2v) is 5.86. The van der Waals surface area contributed by atoms with Crippen LogP contribution in [0.1, 0.15) is 18.0 Å². The summed E-state index contributed by atoms with van der Waals surface area (Å²) in [5.41, 5.74) is 1.18. The molecule has 1 aromatic carbocycles. The van der Waals surface area contributed by atoms with Gasteiger partial charge in [0.1, 0.15) is 5.75 Å². The molecule has 1 saturated heterocycles. The van der Waals surface area contributed by atoms with Crippen molar-refractivity contribution in [3.05, 3.63) is 28.8 Å². The summed E-state index contributed by atoms with van der Waals surface area (Å²) < 4.78 is 5.44. The minimum Gasteiger partial charge on any atom is -0.496 e. The van der Waals surface area contributed by atoms with Gasteiger partial charge in [0.05, 0.1) is 7.11 Å². The zero-order chi connectivity index (χ0) is 12.3. The Bertz CT molecular complexity index is 380. The van der Waals surface area contributed by atoms with Gasteiger partial charge in [-0.15, -0.1) is 0 Å². The number of methoxy groups -OCH3 is 1. The molecule has 0 amide bonds. The van der Waals surface area contributed by atoms with Crippen molar-refractivity contribution in [3.63, 3.8) is 0 Å². The van der Waals surface area contributed by atoms with Gasteiger partial charge in [-0.25, -0.2) is 0 Å². The first-order valence-electron chi connectivity index (χ1n) is 5.84. The molecule has 4 heteroatoms. The Kier molecular flexibility index (Phi) is 4.60. The average molecular weight is 272 g/mol. The molecule has 2 unspecified atom stereocenters. The molecule has 2 nitrogen and oxygen atoms in total. The van der Waals surface area contributed by atoms with Gasteiger partial charge in [-0.2, -0.15) is 11.8 Å². The van der Waals surface area contributed by atoms with E-state index in [9.17, 15) is 0 Å². The van der Waals surface area contributed by atoms with E-state index in [4.69, 9.17) is 16.3 Å². The molecule has 1 aliphatic rings. The number of ether oxygens (including phenoxy) is 1. The van der Waals surface area contributed by atoms with Gasteiger partial charge in [-0.05, 0) is 49.1 Å². The molecule has 94 valence electrons. The maximum absolute atomic E-state index is 6.09. The van der Waals surface area contributed by atoms with E-state index in [2.05, 4.69) is 5.32 Å². The summed E-state index contributed by atoms with van der Waals surface area (Å²) in [5, 5.41) is 4.18. The van der Waals surface area contributed by atoms with Crippen molar-refractivity contribution in [1.29, 1.82) is 0 Å². The Hall–Kier alpha value is -0.380. The number of thioether (sulfide) groups is 1. The minimum atomic E-state index is 0.332. The van der Waals surface area contributed by atoms with Crippen LogP contribution in [0.25, 0.3) is 0 Å². The monoisotopic (exact) mass is 271 g/mol. The summed E-state index contributed by atoms with van der Waals surface area (Å²) in [6.07, 6.45) is 1.26. The van der Waals surface area contributed by atoms with E-state index in [1.54, 1.807) is 7.11 Å². The first-order chi connectivity index (χ1) is 8.26. The Morgan fingerprint density at radius 2 is 2.35 bits per heavy atom. The van der Waals surface area contributed by atoms with E-state index < -0.39 is 0 Å². The van der Waals surface area contributed by atoms with E-state index in [1.165, 1.54) is 23.5 Å². The number of halogens is 1. The molecule has 0 aromatic heterocycles. The van der Waals surface area contributed by atoms with Crippen LogP contribution in [0, 0.1) is 5.92 Å². The SMILES string of the molecule is CNC(c1cc(Cl)ccc1OC)C1CCSC1. The molecule has 1 heterocycles. The lowest BCUT2D eigenvalue weighted by Crippen LogP contribution is -2.25. The predicted octanol–water partition coefficient (Wildman–Crippen LogP) is 3.36. The maximum Gasteiger partial charge on any atom is 0.123 e. The lowest BCUT2D eigenvalue weighted by atomic mass is 9.92. The van der Waals surface area contributed by atoms with Crippen LogP contribution in [0.2, 0.25) is 5.02 Å². The van der Waals surface area contributed by atoms with Gasteiger partial charge in [-0.1, -0.05) is 11.6 Å². The third-order valence-electron chi connectivity index (χ3n) is 3.27. The number of benzene rings is 1. The van der Waals surface area contributed by atoms with Crippen molar-refractivity contribution >= 4 is 23.4 Å². The predicted molar refractivity (Wildman–Crippen MR) is 75.2 cm³/mol. The first-order valence-corrected chi connectivity index (χ1v) is 7.38. The highest BCUT2D eigenvalue weighted by Gasteiger charge is 2.27. The van der Waals surface area contributed by atoms with Gasteiger partial charge in [0.2, 0.25) is 0 Å². The molecule has 2 rings (SSSR count). The molecule has 1 fully saturated rings. The number of hydrogen-bond acceptors (Lipinski definition) is 3. The van der Waals surface area contributed by atoms with Gasteiger partial charge in [0.25, 0.3) is 0 Å². The Morgan fingerprint density at radius 1 is 1.53 bits per heavy atom. The highest BCUT2D eigenvalue weighted by Crippen LogP contribution is 2.38. The molecule has 0 aliphatic carbocycles. The molecule has 1 N–H and O–H groups in total. The van der Waals surface area contributed by atoms with Crippen LogP contribution in [-0.2, 0) is 0 Å². The summed E-state index contributed by atoms with van der Waals surface area (Å²) in [4.78, 5) is 0. The molecule has 0 bridgehead atoms. The number of rotatable bonds is 4. The van der Waals surface area contributed by atoms with E-state index in [0.717, 1.165) is 10.8 Å². The fraction of sp³-hybridized carbons (Fsp3) is 0.538. The highest BCUT2D eigenvalue weighted by molar-refractivity contribution is 7.99. The second kappa shape index (κ2) is 5.98. The van der Waals surface area contributed by atoms with Gasteiger partial charge >= 0.3 is 0 Å². The van der Waals surface area contributed by atoms with E-state index in [1.807, 2.05) is 37.0 Å². The normalized spacial score (nSPS) is 21.5. The lowest BCUT2D eigenvalue weighted by Gasteiger charge is -2.24. The van der Waals surface area contributed by atoms with Crippen molar-refractivity contribution < 1.29 is 4.74 Å². The first kappa shape index (κ1) is 13.1. The van der Waals surface area contributed by atoms with Crippen molar-refractivity contribution in [2.24, 2.45) is 5.92 Å². The van der Waals surface area contributed by atoms with Crippen molar-refractivity contribution in [2.75, 3.05) is 25.7 Å². The van der Waals surface area contributed by atoms with Gasteiger partial charge < -0.3 is 10.1 Å². The highest BCUT2D eigenvalue weighted by atomic mass is 35.5. The molecule has 2 atom stereocenters. The molecule has 1 aromatic rings. The Balaban J connectivity index is 2.31. The van der Waals surface area contributed by atoms with Crippen molar-refractivity contribution in [1.82, 2.24) is 5.32 Å². The largest absolute Gasteiger partial charge is 0.496 e. The summed E-state index contributed by atoms with van der Waals surface area (Å²) >= 11 is 8.12. The quantitative estimate of drug-likeness (QED) is 0.907. The molecule has 0 radical (unpaired) electrons. The van der Waals surface area contributed by atoms with Crippen LogP contribution in [0.4, 0.5) is 0 Å². The summed E-state index contributed by atoms with van der Waals surface area (Å²) in [6.45, 7) is 0. The Labute approximate surface area is 112 Å². The second-order valence-electron chi connectivity index (χ2n) is 4.28. The minimum absolute atomic E-state index is 0.332. The zero-order valence-electron chi connectivity index (χ0n) is 10.2. The number of hydrogen-bond donors (Lipinski definition) is 1. The summed E-state index contributed by atoms with van der Waals surface area (Å²) in [7, 11) is 3.72. The lowest BCUT2D eigenvalue weighted by molar-refractivity contribution is 0.374. The molecular formula is C13H18ClNOS. The zero-order valence-corrected chi connectivity index (χ0v) is 11.8. The molecule has 1 aliphatic heterocycles. The number of nitrogens with one attached hydrogen (secondary N) is 1. The van der Waals surface area contributed by atoms with Gasteiger partial charge in [-0.3, -0.25) is 0 Å². The van der Waals surface area contributed by atoms with Crippen LogP contribution < -0.4 is 10.1 Å². The molecule has 0 saturated carbocycles. The van der Waals surface area contributed by atoms with Crippen LogP contribution in [0.3, 0.4) is 0 Å². The van der Waals surface area contributed by atoms with Crippen LogP contribution in [0.5, 0.6) is 5.75 Å². The van der Waals surface area contributed by atoms with Crippen molar-refractivity contribution in [3.8, 4) is 5.75 Å². The average Bonchev–Trinajstić information content (AvgIpc) is 2.84. The van der Waals surface area contributed by atoms with Crippen molar-refractivity contribution in [2.45, 2.75) is 12.5 Å². The maximum atomic E-state index is 6.09. The third kappa shape index (κ3) is 2.90. The standard InChI is InChI=1S/C13H18ClNOS/c1-15-13(9-5-6-17-8-9)11-7-10(14)3-4-12(11)16-2/h3-4,7,9,13,15H,5-6,8H2,1-2H3. The molecular weight excluding hydrogens is 254 g/mol.